The lowest BCUT2D eigenvalue weighted by Gasteiger charge is -2.05. The van der Waals surface area contributed by atoms with E-state index in [0.29, 0.717) is 6.20 Å². The highest BCUT2D eigenvalue weighted by molar-refractivity contribution is 5.91. The minimum Gasteiger partial charge on any atom is -0.478 e. The molecule has 8 heteroatoms. The third-order valence-corrected chi connectivity index (χ3v) is 2.19. The first-order valence-corrected chi connectivity index (χ1v) is 4.69. The Morgan fingerprint density at radius 2 is 2.06 bits per heavy atom. The molecule has 1 N–H and O–H groups in total. The molecule has 0 atom stereocenters. The van der Waals surface area contributed by atoms with E-state index in [1.54, 1.807) is 0 Å². The van der Waals surface area contributed by atoms with Crippen molar-refractivity contribution in [2.24, 2.45) is 0 Å². The Labute approximate surface area is 98.5 Å². The molecule has 18 heavy (non-hydrogen) atoms. The molecule has 5 nitrogen and oxygen atoms in total. The molecule has 0 saturated heterocycles. The zero-order chi connectivity index (χ0) is 13.3. The summed E-state index contributed by atoms with van der Waals surface area (Å²) in [6.07, 6.45) is -0.841. The van der Waals surface area contributed by atoms with E-state index in [4.69, 9.17) is 5.11 Å². The third kappa shape index (κ3) is 2.17. The van der Waals surface area contributed by atoms with E-state index >= 15 is 0 Å². The fourth-order valence-corrected chi connectivity index (χ4v) is 1.35. The molecule has 0 unspecified atom stereocenters. The van der Waals surface area contributed by atoms with E-state index in [0.717, 1.165) is 17.1 Å². The van der Waals surface area contributed by atoms with Crippen LogP contribution < -0.4 is 0 Å². The van der Waals surface area contributed by atoms with Crippen molar-refractivity contribution in [2.75, 3.05) is 0 Å². The molecule has 0 aliphatic heterocycles. The zero-order valence-electron chi connectivity index (χ0n) is 8.72. The monoisotopic (exact) mass is 257 g/mol. The lowest BCUT2D eigenvalue weighted by Crippen LogP contribution is -2.07. The van der Waals surface area contributed by atoms with Gasteiger partial charge in [0.25, 0.3) is 0 Å². The SMILES string of the molecule is O=C(O)c1cnccc1-n1cc(C(F)(F)F)cn1. The van der Waals surface area contributed by atoms with Gasteiger partial charge in [0.1, 0.15) is 5.56 Å². The summed E-state index contributed by atoms with van der Waals surface area (Å²) in [6.45, 7) is 0. The van der Waals surface area contributed by atoms with Crippen molar-refractivity contribution in [2.45, 2.75) is 6.18 Å². The normalized spacial score (nSPS) is 11.5. The van der Waals surface area contributed by atoms with Gasteiger partial charge in [-0.1, -0.05) is 0 Å². The van der Waals surface area contributed by atoms with Crippen LogP contribution in [0.4, 0.5) is 13.2 Å². The second-order valence-electron chi connectivity index (χ2n) is 3.37. The number of hydrogen-bond donors (Lipinski definition) is 1. The third-order valence-electron chi connectivity index (χ3n) is 2.19. The Morgan fingerprint density at radius 3 is 2.61 bits per heavy atom. The van der Waals surface area contributed by atoms with E-state index in [2.05, 4.69) is 10.1 Å². The molecular formula is C10H6F3N3O2. The molecule has 0 bridgehead atoms. The molecule has 2 rings (SSSR count). The highest BCUT2D eigenvalue weighted by Crippen LogP contribution is 2.29. The van der Waals surface area contributed by atoms with Crippen molar-refractivity contribution in [3.05, 3.63) is 42.0 Å². The molecule has 0 fully saturated rings. The topological polar surface area (TPSA) is 68.0 Å². The first-order chi connectivity index (χ1) is 8.39. The van der Waals surface area contributed by atoms with Crippen LogP contribution in [0.5, 0.6) is 0 Å². The van der Waals surface area contributed by atoms with Gasteiger partial charge in [0, 0.05) is 18.6 Å². The predicted octanol–water partition coefficient (Wildman–Crippen LogP) is 1.98. The number of pyridine rings is 1. The maximum atomic E-state index is 12.4. The van der Waals surface area contributed by atoms with Crippen LogP contribution in [0.3, 0.4) is 0 Å². The van der Waals surface area contributed by atoms with Crippen molar-refractivity contribution in [1.82, 2.24) is 14.8 Å². The molecule has 2 aromatic rings. The van der Waals surface area contributed by atoms with Crippen molar-refractivity contribution in [1.29, 1.82) is 0 Å². The minimum absolute atomic E-state index is 0.0213. The van der Waals surface area contributed by atoms with Crippen LogP contribution in [0.1, 0.15) is 15.9 Å². The summed E-state index contributed by atoms with van der Waals surface area (Å²) < 4.78 is 38.0. The molecular weight excluding hydrogens is 251 g/mol. The van der Waals surface area contributed by atoms with Gasteiger partial charge in [-0.15, -0.1) is 0 Å². The molecule has 94 valence electrons. The number of carbonyl (C=O) groups is 1. The highest BCUT2D eigenvalue weighted by atomic mass is 19.4. The first-order valence-electron chi connectivity index (χ1n) is 4.69. The van der Waals surface area contributed by atoms with Gasteiger partial charge >= 0.3 is 12.1 Å². The van der Waals surface area contributed by atoms with Gasteiger partial charge in [-0.2, -0.15) is 18.3 Å². The summed E-state index contributed by atoms with van der Waals surface area (Å²) in [4.78, 5) is 14.5. The summed E-state index contributed by atoms with van der Waals surface area (Å²) in [5, 5.41) is 12.4. The second kappa shape index (κ2) is 4.13. The fourth-order valence-electron chi connectivity index (χ4n) is 1.35. The van der Waals surface area contributed by atoms with Crippen molar-refractivity contribution in [3.8, 4) is 5.69 Å². The molecule has 0 aliphatic rings. The number of alkyl halides is 3. The summed E-state index contributed by atoms with van der Waals surface area (Å²) >= 11 is 0. The van der Waals surface area contributed by atoms with Gasteiger partial charge in [-0.25, -0.2) is 9.48 Å². The van der Waals surface area contributed by atoms with Crippen LogP contribution >= 0.6 is 0 Å². The van der Waals surface area contributed by atoms with Gasteiger partial charge in [-0.3, -0.25) is 4.98 Å². The molecule has 2 aromatic heterocycles. The minimum atomic E-state index is -4.52. The average Bonchev–Trinajstić information content (AvgIpc) is 2.77. The predicted molar refractivity (Wildman–Crippen MR) is 53.3 cm³/mol. The van der Waals surface area contributed by atoms with E-state index in [-0.39, 0.29) is 11.3 Å². The number of hydrogen-bond acceptors (Lipinski definition) is 3. The zero-order valence-corrected chi connectivity index (χ0v) is 8.72. The van der Waals surface area contributed by atoms with E-state index in [1.165, 1.54) is 12.3 Å². The number of rotatable bonds is 2. The first kappa shape index (κ1) is 12.1. The average molecular weight is 257 g/mol. The Balaban J connectivity index is 2.50. The van der Waals surface area contributed by atoms with E-state index in [9.17, 15) is 18.0 Å². The smallest absolute Gasteiger partial charge is 0.419 e. The van der Waals surface area contributed by atoms with Crippen LogP contribution in [0.25, 0.3) is 5.69 Å². The van der Waals surface area contributed by atoms with Crippen LogP contribution in [-0.4, -0.2) is 25.8 Å². The number of aromatic nitrogens is 3. The number of aromatic carboxylic acids is 1. The molecule has 0 amide bonds. The summed E-state index contributed by atoms with van der Waals surface area (Å²) in [5.74, 6) is -1.29. The molecule has 2 heterocycles. The van der Waals surface area contributed by atoms with Crippen molar-refractivity contribution < 1.29 is 23.1 Å². The molecule has 0 radical (unpaired) electrons. The van der Waals surface area contributed by atoms with Crippen LogP contribution in [0, 0.1) is 0 Å². The summed E-state index contributed by atoms with van der Waals surface area (Å²) in [6, 6.07) is 1.27. The van der Waals surface area contributed by atoms with Crippen LogP contribution in [-0.2, 0) is 6.18 Å². The van der Waals surface area contributed by atoms with Crippen LogP contribution in [0.2, 0.25) is 0 Å². The number of halogens is 3. The molecule has 0 aromatic carbocycles. The summed E-state index contributed by atoms with van der Waals surface area (Å²) in [7, 11) is 0. The molecule has 0 spiro atoms. The maximum Gasteiger partial charge on any atom is 0.419 e. The Kier molecular flexibility index (Phi) is 2.77. The van der Waals surface area contributed by atoms with Gasteiger partial charge in [-0.05, 0) is 6.07 Å². The molecule has 0 aliphatic carbocycles. The largest absolute Gasteiger partial charge is 0.478 e. The van der Waals surface area contributed by atoms with Gasteiger partial charge in [0.15, 0.2) is 0 Å². The second-order valence-corrected chi connectivity index (χ2v) is 3.37. The maximum absolute atomic E-state index is 12.4. The van der Waals surface area contributed by atoms with Crippen molar-refractivity contribution in [3.63, 3.8) is 0 Å². The quantitative estimate of drug-likeness (QED) is 0.893. The standard InChI is InChI=1S/C10H6F3N3O2/c11-10(12,13)6-3-15-16(5-6)8-1-2-14-4-7(8)9(17)18/h1-5H,(H,17,18). The van der Waals surface area contributed by atoms with Crippen LogP contribution in [0.15, 0.2) is 30.9 Å². The fraction of sp³-hybridized carbons (Fsp3) is 0.100. The number of carboxylic acid groups (broad SMARTS) is 1. The van der Waals surface area contributed by atoms with Gasteiger partial charge in [0.05, 0.1) is 17.4 Å². The lowest BCUT2D eigenvalue weighted by molar-refractivity contribution is -0.137. The van der Waals surface area contributed by atoms with E-state index in [1.807, 2.05) is 0 Å². The highest BCUT2D eigenvalue weighted by Gasteiger charge is 2.32. The molecule has 0 saturated carbocycles. The lowest BCUT2D eigenvalue weighted by atomic mass is 10.2. The number of carboxylic acids is 1. The Hall–Kier alpha value is -2.38. The Morgan fingerprint density at radius 1 is 1.33 bits per heavy atom. The number of nitrogens with zero attached hydrogens (tertiary/aromatic N) is 3. The van der Waals surface area contributed by atoms with Crippen molar-refractivity contribution >= 4 is 5.97 Å². The van der Waals surface area contributed by atoms with E-state index < -0.39 is 17.7 Å². The Bertz CT molecular complexity index is 592. The van der Waals surface area contributed by atoms with Gasteiger partial charge in [0.2, 0.25) is 0 Å². The summed E-state index contributed by atoms with van der Waals surface area (Å²) in [5.41, 5.74) is -1.15. The van der Waals surface area contributed by atoms with Gasteiger partial charge < -0.3 is 5.11 Å².